The lowest BCUT2D eigenvalue weighted by atomic mass is 10.2. The Balaban J connectivity index is 2.05. The van der Waals surface area contributed by atoms with E-state index in [0.29, 0.717) is 13.0 Å². The van der Waals surface area contributed by atoms with Gasteiger partial charge >= 0.3 is 0 Å². The third-order valence-corrected chi connectivity index (χ3v) is 2.87. The number of hydrogen-bond acceptors (Lipinski definition) is 3. The summed E-state index contributed by atoms with van der Waals surface area (Å²) in [5.41, 5.74) is 7.52. The fourth-order valence-electron chi connectivity index (χ4n) is 1.75. The van der Waals surface area contributed by atoms with E-state index in [-0.39, 0.29) is 5.91 Å². The second-order valence-electron chi connectivity index (χ2n) is 4.41. The minimum Gasteiger partial charge on any atom is -0.325 e. The van der Waals surface area contributed by atoms with E-state index >= 15 is 0 Å². The molecule has 1 atom stereocenters. The second-order valence-corrected chi connectivity index (χ2v) is 4.41. The highest BCUT2D eigenvalue weighted by Gasteiger charge is 2.10. The van der Waals surface area contributed by atoms with Crippen molar-refractivity contribution < 1.29 is 4.79 Å². The Bertz CT molecular complexity index is 536. The summed E-state index contributed by atoms with van der Waals surface area (Å²) in [4.78, 5) is 11.7. The molecule has 0 aliphatic heterocycles. The third kappa shape index (κ3) is 3.66. The number of anilines is 1. The molecule has 1 amide bonds. The van der Waals surface area contributed by atoms with Gasteiger partial charge < -0.3 is 11.1 Å². The quantitative estimate of drug-likeness (QED) is 0.855. The van der Waals surface area contributed by atoms with Crippen LogP contribution in [-0.2, 0) is 11.3 Å². The van der Waals surface area contributed by atoms with Crippen LogP contribution in [0.2, 0.25) is 0 Å². The van der Waals surface area contributed by atoms with Crippen LogP contribution < -0.4 is 11.1 Å². The molecule has 0 bridgehead atoms. The van der Waals surface area contributed by atoms with Gasteiger partial charge in [0, 0.05) is 18.1 Å². The molecule has 0 saturated carbocycles. The molecular formula is C14H18N4O. The predicted molar refractivity (Wildman–Crippen MR) is 74.7 cm³/mol. The fourth-order valence-corrected chi connectivity index (χ4v) is 1.75. The molecule has 1 heterocycles. The molecule has 0 aliphatic carbocycles. The van der Waals surface area contributed by atoms with Gasteiger partial charge in [0.1, 0.15) is 0 Å². The van der Waals surface area contributed by atoms with E-state index in [1.54, 1.807) is 6.20 Å². The zero-order chi connectivity index (χ0) is 13.7. The maximum atomic E-state index is 11.7. The molecule has 0 fully saturated rings. The summed E-state index contributed by atoms with van der Waals surface area (Å²) < 4.78 is 1.83. The van der Waals surface area contributed by atoms with Crippen molar-refractivity contribution in [3.63, 3.8) is 0 Å². The van der Waals surface area contributed by atoms with Gasteiger partial charge in [-0.15, -0.1) is 0 Å². The molecule has 5 nitrogen and oxygen atoms in total. The highest BCUT2D eigenvalue weighted by atomic mass is 16.2. The van der Waals surface area contributed by atoms with Gasteiger partial charge in [0.15, 0.2) is 0 Å². The van der Waals surface area contributed by atoms with Crippen LogP contribution in [0.1, 0.15) is 18.9 Å². The first kappa shape index (κ1) is 13.3. The monoisotopic (exact) mass is 258 g/mol. The largest absolute Gasteiger partial charge is 0.325 e. The van der Waals surface area contributed by atoms with Crippen molar-refractivity contribution in [2.45, 2.75) is 25.9 Å². The summed E-state index contributed by atoms with van der Waals surface area (Å²) in [5.74, 6) is -0.154. The van der Waals surface area contributed by atoms with Crippen LogP contribution in [0.3, 0.4) is 0 Å². The van der Waals surface area contributed by atoms with E-state index in [1.165, 1.54) is 0 Å². The van der Waals surface area contributed by atoms with Gasteiger partial charge in [0.25, 0.3) is 0 Å². The Morgan fingerprint density at radius 3 is 3.00 bits per heavy atom. The molecule has 0 aliphatic rings. The Hall–Kier alpha value is -2.14. The lowest BCUT2D eigenvalue weighted by Gasteiger charge is -2.11. The number of nitrogens with two attached hydrogens (primary N) is 1. The molecule has 1 unspecified atom stereocenters. The molecule has 19 heavy (non-hydrogen) atoms. The second kappa shape index (κ2) is 6.15. The van der Waals surface area contributed by atoms with Crippen LogP contribution in [-0.4, -0.2) is 21.7 Å². The Morgan fingerprint density at radius 1 is 1.47 bits per heavy atom. The van der Waals surface area contributed by atoms with Crippen molar-refractivity contribution in [2.24, 2.45) is 5.73 Å². The highest BCUT2D eigenvalue weighted by Crippen LogP contribution is 2.12. The first-order chi connectivity index (χ1) is 9.19. The lowest BCUT2D eigenvalue weighted by molar-refractivity contribution is -0.117. The van der Waals surface area contributed by atoms with E-state index in [0.717, 1.165) is 11.3 Å². The lowest BCUT2D eigenvalue weighted by Crippen LogP contribution is -2.34. The Kier molecular flexibility index (Phi) is 4.30. The number of rotatable bonds is 5. The average Bonchev–Trinajstić information content (AvgIpc) is 2.91. The number of amides is 1. The van der Waals surface area contributed by atoms with Gasteiger partial charge in [-0.1, -0.05) is 19.1 Å². The Labute approximate surface area is 112 Å². The van der Waals surface area contributed by atoms with Gasteiger partial charge in [-0.25, -0.2) is 0 Å². The zero-order valence-electron chi connectivity index (χ0n) is 10.9. The molecule has 0 saturated heterocycles. The summed E-state index contributed by atoms with van der Waals surface area (Å²) in [6.45, 7) is 2.56. The van der Waals surface area contributed by atoms with Crippen LogP contribution in [0.25, 0.3) is 0 Å². The molecule has 5 heteroatoms. The number of benzene rings is 1. The summed E-state index contributed by atoms with van der Waals surface area (Å²) >= 11 is 0. The van der Waals surface area contributed by atoms with E-state index in [2.05, 4.69) is 10.4 Å². The summed E-state index contributed by atoms with van der Waals surface area (Å²) in [7, 11) is 0. The molecule has 0 radical (unpaired) electrons. The molecule has 1 aromatic heterocycles. The summed E-state index contributed by atoms with van der Waals surface area (Å²) in [6.07, 6.45) is 4.27. The highest BCUT2D eigenvalue weighted by molar-refractivity contribution is 5.94. The first-order valence-electron chi connectivity index (χ1n) is 6.32. The minimum absolute atomic E-state index is 0.154. The fraction of sp³-hybridized carbons (Fsp3) is 0.286. The van der Waals surface area contributed by atoms with Gasteiger partial charge in [-0.2, -0.15) is 5.10 Å². The van der Waals surface area contributed by atoms with Crippen molar-refractivity contribution in [1.29, 1.82) is 0 Å². The molecule has 2 rings (SSSR count). The van der Waals surface area contributed by atoms with Crippen LogP contribution >= 0.6 is 0 Å². The van der Waals surface area contributed by atoms with Crippen LogP contribution in [0, 0.1) is 0 Å². The van der Waals surface area contributed by atoms with Gasteiger partial charge in [0.2, 0.25) is 5.91 Å². The van der Waals surface area contributed by atoms with Gasteiger partial charge in [-0.3, -0.25) is 9.48 Å². The minimum atomic E-state index is -0.463. The molecule has 3 N–H and O–H groups in total. The standard InChI is InChI=1S/C14H18N4O/c1-2-13(15)14(19)17-12-6-3-5-11(9-12)10-18-8-4-7-16-18/h3-9,13H,2,10,15H2,1H3,(H,17,19). The van der Waals surface area contributed by atoms with Crippen molar-refractivity contribution in [2.75, 3.05) is 5.32 Å². The van der Waals surface area contributed by atoms with Crippen LogP contribution in [0.15, 0.2) is 42.7 Å². The van der Waals surface area contributed by atoms with Crippen LogP contribution in [0.5, 0.6) is 0 Å². The summed E-state index contributed by atoms with van der Waals surface area (Å²) in [6, 6.07) is 9.11. The molecule has 0 spiro atoms. The SMILES string of the molecule is CCC(N)C(=O)Nc1cccc(Cn2cccn2)c1. The van der Waals surface area contributed by atoms with Gasteiger partial charge in [0.05, 0.1) is 12.6 Å². The predicted octanol–water partition coefficient (Wildman–Crippen LogP) is 1.61. The Morgan fingerprint density at radius 2 is 2.32 bits per heavy atom. The zero-order valence-corrected chi connectivity index (χ0v) is 10.9. The smallest absolute Gasteiger partial charge is 0.241 e. The average molecular weight is 258 g/mol. The number of nitrogens with one attached hydrogen (secondary N) is 1. The topological polar surface area (TPSA) is 72.9 Å². The third-order valence-electron chi connectivity index (χ3n) is 2.87. The number of aromatic nitrogens is 2. The molecule has 1 aromatic carbocycles. The molecular weight excluding hydrogens is 240 g/mol. The van der Waals surface area contributed by atoms with E-state index < -0.39 is 6.04 Å². The van der Waals surface area contributed by atoms with Gasteiger partial charge in [-0.05, 0) is 30.2 Å². The number of nitrogens with zero attached hydrogens (tertiary/aromatic N) is 2. The maximum Gasteiger partial charge on any atom is 0.241 e. The number of hydrogen-bond donors (Lipinski definition) is 2. The van der Waals surface area contributed by atoms with E-state index in [9.17, 15) is 4.79 Å². The maximum absolute atomic E-state index is 11.7. The van der Waals surface area contributed by atoms with E-state index in [1.807, 2.05) is 48.1 Å². The number of carbonyl (C=O) groups excluding carboxylic acids is 1. The number of carbonyl (C=O) groups is 1. The normalized spacial score (nSPS) is 12.1. The van der Waals surface area contributed by atoms with Crippen LogP contribution in [0.4, 0.5) is 5.69 Å². The van der Waals surface area contributed by atoms with Crippen molar-refractivity contribution in [3.05, 3.63) is 48.3 Å². The molecule has 2 aromatic rings. The summed E-state index contributed by atoms with van der Waals surface area (Å²) in [5, 5.41) is 6.97. The first-order valence-corrected chi connectivity index (χ1v) is 6.32. The van der Waals surface area contributed by atoms with Crippen molar-refractivity contribution >= 4 is 11.6 Å². The molecule has 100 valence electrons. The van der Waals surface area contributed by atoms with Crippen molar-refractivity contribution in [3.8, 4) is 0 Å². The van der Waals surface area contributed by atoms with E-state index in [4.69, 9.17) is 5.73 Å². The van der Waals surface area contributed by atoms with Crippen molar-refractivity contribution in [1.82, 2.24) is 9.78 Å².